The SMILES string of the molecule is OC(C1CCNCC1)C1CCC(F)CC1. The van der Waals surface area contributed by atoms with Gasteiger partial charge < -0.3 is 10.4 Å². The van der Waals surface area contributed by atoms with Crippen LogP contribution in [0.3, 0.4) is 0 Å². The lowest BCUT2D eigenvalue weighted by atomic mass is 9.77. The number of halogens is 1. The third kappa shape index (κ3) is 2.91. The van der Waals surface area contributed by atoms with Crippen molar-refractivity contribution < 1.29 is 9.50 Å². The first-order valence-electron chi connectivity index (χ1n) is 6.30. The van der Waals surface area contributed by atoms with E-state index in [-0.39, 0.29) is 6.10 Å². The van der Waals surface area contributed by atoms with Crippen LogP contribution in [0.5, 0.6) is 0 Å². The molecule has 1 saturated carbocycles. The van der Waals surface area contributed by atoms with E-state index in [9.17, 15) is 9.50 Å². The summed E-state index contributed by atoms with van der Waals surface area (Å²) in [7, 11) is 0. The number of nitrogens with one attached hydrogen (secondary N) is 1. The largest absolute Gasteiger partial charge is 0.393 e. The number of hydrogen-bond acceptors (Lipinski definition) is 2. The highest BCUT2D eigenvalue weighted by atomic mass is 19.1. The van der Waals surface area contributed by atoms with Gasteiger partial charge in [-0.25, -0.2) is 4.39 Å². The van der Waals surface area contributed by atoms with Crippen LogP contribution >= 0.6 is 0 Å². The summed E-state index contributed by atoms with van der Waals surface area (Å²) >= 11 is 0. The summed E-state index contributed by atoms with van der Waals surface area (Å²) in [6.45, 7) is 2.06. The number of aliphatic hydroxyl groups excluding tert-OH is 1. The molecular formula is C12H22FNO. The van der Waals surface area contributed by atoms with Crippen LogP contribution in [0.15, 0.2) is 0 Å². The Morgan fingerprint density at radius 1 is 0.933 bits per heavy atom. The molecule has 1 aliphatic carbocycles. The van der Waals surface area contributed by atoms with Crippen LogP contribution in [-0.2, 0) is 0 Å². The summed E-state index contributed by atoms with van der Waals surface area (Å²) in [5.74, 6) is 0.813. The lowest BCUT2D eigenvalue weighted by Crippen LogP contribution is -2.39. The molecule has 1 heterocycles. The first-order chi connectivity index (χ1) is 7.27. The first-order valence-corrected chi connectivity index (χ1v) is 6.30. The fraction of sp³-hybridized carbons (Fsp3) is 1.00. The van der Waals surface area contributed by atoms with E-state index in [1.54, 1.807) is 0 Å². The number of rotatable bonds is 2. The Bertz CT molecular complexity index is 186. The molecule has 0 aromatic carbocycles. The maximum atomic E-state index is 13.0. The average Bonchev–Trinajstić information content (AvgIpc) is 2.30. The van der Waals surface area contributed by atoms with Crippen molar-refractivity contribution in [3.05, 3.63) is 0 Å². The molecule has 88 valence electrons. The molecule has 1 saturated heterocycles. The van der Waals surface area contributed by atoms with E-state index in [0.29, 0.717) is 24.7 Å². The lowest BCUT2D eigenvalue weighted by Gasteiger charge is -2.35. The molecule has 0 amide bonds. The summed E-state index contributed by atoms with van der Waals surface area (Å²) in [6.07, 6.45) is 4.45. The fourth-order valence-corrected chi connectivity index (χ4v) is 2.99. The van der Waals surface area contributed by atoms with Crippen molar-refractivity contribution >= 4 is 0 Å². The molecule has 2 rings (SSSR count). The quantitative estimate of drug-likeness (QED) is 0.737. The normalized spacial score (nSPS) is 36.4. The highest BCUT2D eigenvalue weighted by molar-refractivity contribution is 4.83. The Morgan fingerprint density at radius 3 is 2.07 bits per heavy atom. The van der Waals surface area contributed by atoms with E-state index < -0.39 is 6.17 Å². The molecule has 0 radical (unpaired) electrons. The molecule has 15 heavy (non-hydrogen) atoms. The van der Waals surface area contributed by atoms with Crippen molar-refractivity contribution in [3.63, 3.8) is 0 Å². The van der Waals surface area contributed by atoms with Gasteiger partial charge in [-0.15, -0.1) is 0 Å². The average molecular weight is 215 g/mol. The molecule has 2 nitrogen and oxygen atoms in total. The van der Waals surface area contributed by atoms with Gasteiger partial charge in [0.1, 0.15) is 6.17 Å². The van der Waals surface area contributed by atoms with Gasteiger partial charge in [0.25, 0.3) is 0 Å². The van der Waals surface area contributed by atoms with Gasteiger partial charge in [-0.1, -0.05) is 0 Å². The molecule has 2 N–H and O–H groups in total. The Kier molecular flexibility index (Phi) is 3.98. The van der Waals surface area contributed by atoms with E-state index in [0.717, 1.165) is 38.8 Å². The van der Waals surface area contributed by atoms with Crippen molar-refractivity contribution in [2.75, 3.05) is 13.1 Å². The van der Waals surface area contributed by atoms with E-state index in [4.69, 9.17) is 0 Å². The number of hydrogen-bond donors (Lipinski definition) is 2. The summed E-state index contributed by atoms with van der Waals surface area (Å²) < 4.78 is 13.0. The predicted molar refractivity (Wildman–Crippen MR) is 58.5 cm³/mol. The molecular weight excluding hydrogens is 193 g/mol. The molecule has 0 bridgehead atoms. The molecule has 1 atom stereocenters. The Balaban J connectivity index is 1.81. The van der Waals surface area contributed by atoms with Gasteiger partial charge in [0.15, 0.2) is 0 Å². The van der Waals surface area contributed by atoms with Gasteiger partial charge in [0, 0.05) is 0 Å². The van der Waals surface area contributed by atoms with E-state index in [1.165, 1.54) is 0 Å². The molecule has 3 heteroatoms. The molecule has 2 fully saturated rings. The highest BCUT2D eigenvalue weighted by Gasteiger charge is 2.31. The van der Waals surface area contributed by atoms with Crippen molar-refractivity contribution in [1.82, 2.24) is 5.32 Å². The van der Waals surface area contributed by atoms with Crippen LogP contribution in [-0.4, -0.2) is 30.5 Å². The predicted octanol–water partition coefficient (Wildman–Crippen LogP) is 1.88. The zero-order valence-corrected chi connectivity index (χ0v) is 9.29. The zero-order chi connectivity index (χ0) is 10.7. The number of aliphatic hydroxyl groups is 1. The van der Waals surface area contributed by atoms with Crippen molar-refractivity contribution in [2.24, 2.45) is 11.8 Å². The molecule has 0 spiro atoms. The van der Waals surface area contributed by atoms with Crippen LogP contribution in [0.4, 0.5) is 4.39 Å². The number of piperidine rings is 1. The Hall–Kier alpha value is -0.150. The van der Waals surface area contributed by atoms with Crippen molar-refractivity contribution in [3.8, 4) is 0 Å². The lowest BCUT2D eigenvalue weighted by molar-refractivity contribution is 0.0116. The van der Waals surface area contributed by atoms with Crippen LogP contribution in [0, 0.1) is 11.8 Å². The maximum Gasteiger partial charge on any atom is 0.100 e. The first kappa shape index (κ1) is 11.3. The molecule has 1 unspecified atom stereocenters. The summed E-state index contributed by atoms with van der Waals surface area (Å²) in [5.41, 5.74) is 0. The van der Waals surface area contributed by atoms with Crippen LogP contribution < -0.4 is 5.32 Å². The van der Waals surface area contributed by atoms with Crippen LogP contribution in [0.1, 0.15) is 38.5 Å². The minimum absolute atomic E-state index is 0.181. The third-order valence-electron chi connectivity index (χ3n) is 4.05. The summed E-state index contributed by atoms with van der Waals surface area (Å²) in [6, 6.07) is 0. The third-order valence-corrected chi connectivity index (χ3v) is 4.05. The topological polar surface area (TPSA) is 32.3 Å². The maximum absolute atomic E-state index is 13.0. The fourth-order valence-electron chi connectivity index (χ4n) is 2.99. The Labute approximate surface area is 91.3 Å². The second kappa shape index (κ2) is 5.26. The van der Waals surface area contributed by atoms with Crippen molar-refractivity contribution in [2.45, 2.75) is 50.8 Å². The standard InChI is InChI=1S/C12H22FNO/c13-11-3-1-9(2-4-11)12(15)10-5-7-14-8-6-10/h9-12,14-15H,1-8H2. The van der Waals surface area contributed by atoms with Crippen LogP contribution in [0.25, 0.3) is 0 Å². The second-order valence-corrected chi connectivity index (χ2v) is 5.09. The van der Waals surface area contributed by atoms with Gasteiger partial charge in [-0.2, -0.15) is 0 Å². The molecule has 2 aliphatic rings. The Morgan fingerprint density at radius 2 is 1.47 bits per heavy atom. The van der Waals surface area contributed by atoms with E-state index in [2.05, 4.69) is 5.32 Å². The molecule has 1 aliphatic heterocycles. The second-order valence-electron chi connectivity index (χ2n) is 5.09. The summed E-state index contributed by atoms with van der Waals surface area (Å²) in [5, 5.41) is 13.5. The monoisotopic (exact) mass is 215 g/mol. The smallest absolute Gasteiger partial charge is 0.100 e. The molecule has 0 aromatic rings. The highest BCUT2D eigenvalue weighted by Crippen LogP contribution is 2.33. The minimum Gasteiger partial charge on any atom is -0.393 e. The zero-order valence-electron chi connectivity index (χ0n) is 9.29. The minimum atomic E-state index is -0.610. The number of alkyl halides is 1. The molecule has 0 aromatic heterocycles. The van der Waals surface area contributed by atoms with Crippen LogP contribution in [0.2, 0.25) is 0 Å². The van der Waals surface area contributed by atoms with Gasteiger partial charge in [0.05, 0.1) is 6.10 Å². The van der Waals surface area contributed by atoms with E-state index >= 15 is 0 Å². The van der Waals surface area contributed by atoms with Gasteiger partial charge >= 0.3 is 0 Å². The summed E-state index contributed by atoms with van der Waals surface area (Å²) in [4.78, 5) is 0. The van der Waals surface area contributed by atoms with Gasteiger partial charge in [-0.3, -0.25) is 0 Å². The van der Waals surface area contributed by atoms with Gasteiger partial charge in [0.2, 0.25) is 0 Å². The van der Waals surface area contributed by atoms with Crippen molar-refractivity contribution in [1.29, 1.82) is 0 Å². The van der Waals surface area contributed by atoms with E-state index in [1.807, 2.05) is 0 Å². The van der Waals surface area contributed by atoms with Gasteiger partial charge in [-0.05, 0) is 63.5 Å².